The van der Waals surface area contributed by atoms with Gasteiger partial charge in [0.15, 0.2) is 6.10 Å². The summed E-state index contributed by atoms with van der Waals surface area (Å²) in [6.45, 7) is 6.53. The lowest BCUT2D eigenvalue weighted by Gasteiger charge is -2.67. The van der Waals surface area contributed by atoms with Gasteiger partial charge in [-0.3, -0.25) is 9.59 Å². The number of Topliss-reactive ketones (excluding diaryl/α,β-unsaturated/α-hetero) is 1. The van der Waals surface area contributed by atoms with Crippen LogP contribution >= 0.6 is 0 Å². The lowest BCUT2D eigenvalue weighted by molar-refractivity contribution is -0.257. The molecule has 3 N–H and O–H groups in total. The highest BCUT2D eigenvalue weighted by Gasteiger charge is 2.89. The van der Waals surface area contributed by atoms with E-state index < -0.39 is 81.8 Å². The number of carbonyl (C=O) groups excluding carboxylic acids is 4. The fraction of sp³-hybridized carbons (Fsp3) is 0.769. The van der Waals surface area contributed by atoms with Crippen molar-refractivity contribution in [2.24, 2.45) is 28.1 Å². The zero-order valence-corrected chi connectivity index (χ0v) is 21.2. The molecule has 11 nitrogen and oxygen atoms in total. The van der Waals surface area contributed by atoms with Crippen LogP contribution in [0, 0.1) is 28.1 Å². The summed E-state index contributed by atoms with van der Waals surface area (Å²) in [6, 6.07) is 0. The number of aliphatic hydroxyl groups is 3. The first-order chi connectivity index (χ1) is 17.1. The maximum Gasteiger partial charge on any atom is 0.340 e. The van der Waals surface area contributed by atoms with Gasteiger partial charge in [0, 0.05) is 23.2 Å². The Balaban J connectivity index is 1.52. The van der Waals surface area contributed by atoms with E-state index in [4.69, 9.17) is 18.9 Å². The summed E-state index contributed by atoms with van der Waals surface area (Å²) in [5.74, 6) is -3.65. The van der Waals surface area contributed by atoms with Crippen molar-refractivity contribution in [1.29, 1.82) is 0 Å². The fourth-order valence-electron chi connectivity index (χ4n) is 8.95. The summed E-state index contributed by atoms with van der Waals surface area (Å²) in [6.07, 6.45) is -3.36. The molecule has 0 amide bonds. The lowest BCUT2D eigenvalue weighted by Crippen LogP contribution is -2.76. The van der Waals surface area contributed by atoms with Gasteiger partial charge in [-0.2, -0.15) is 0 Å². The van der Waals surface area contributed by atoms with E-state index in [1.807, 2.05) is 6.92 Å². The highest BCUT2D eigenvalue weighted by atomic mass is 16.7. The molecule has 0 bridgehead atoms. The molecular formula is C26H32O11. The zero-order valence-electron chi connectivity index (χ0n) is 21.2. The molecular weight excluding hydrogens is 488 g/mol. The number of epoxide rings is 1. The van der Waals surface area contributed by atoms with Crippen LogP contribution in [0.2, 0.25) is 0 Å². The first-order valence-corrected chi connectivity index (χ1v) is 12.7. The van der Waals surface area contributed by atoms with E-state index in [9.17, 15) is 34.5 Å². The second-order valence-corrected chi connectivity index (χ2v) is 12.5. The molecule has 3 saturated heterocycles. The molecule has 10 atom stereocenters. The van der Waals surface area contributed by atoms with E-state index in [-0.39, 0.29) is 30.8 Å². The second-order valence-electron chi connectivity index (χ2n) is 12.5. The number of carbonyl (C=O) groups is 4. The maximum absolute atomic E-state index is 14.2. The molecule has 4 aliphatic heterocycles. The minimum absolute atomic E-state index is 0.00213. The molecule has 6 rings (SSSR count). The number of fused-ring (bicyclic) bond motifs is 2. The Hall–Kier alpha value is -2.34. The summed E-state index contributed by atoms with van der Waals surface area (Å²) in [5, 5.41) is 32.5. The maximum atomic E-state index is 14.2. The molecule has 4 heterocycles. The Morgan fingerprint density at radius 1 is 1.03 bits per heavy atom. The summed E-state index contributed by atoms with van der Waals surface area (Å²) in [5.41, 5.74) is -6.30. The number of hydrogen-bond donors (Lipinski definition) is 3. The van der Waals surface area contributed by atoms with Crippen LogP contribution < -0.4 is 0 Å². The van der Waals surface area contributed by atoms with E-state index in [1.165, 1.54) is 6.08 Å². The Bertz CT molecular complexity index is 1150. The molecule has 0 aromatic heterocycles. The van der Waals surface area contributed by atoms with Gasteiger partial charge in [-0.1, -0.05) is 6.92 Å². The van der Waals surface area contributed by atoms with Crippen LogP contribution in [0.15, 0.2) is 11.6 Å². The van der Waals surface area contributed by atoms with Crippen molar-refractivity contribution in [3.8, 4) is 0 Å². The van der Waals surface area contributed by atoms with Gasteiger partial charge in [0.05, 0.1) is 29.1 Å². The molecule has 37 heavy (non-hydrogen) atoms. The normalized spacial score (nSPS) is 50.8. The molecule has 1 unspecified atom stereocenters. The van der Waals surface area contributed by atoms with E-state index in [0.29, 0.717) is 12.8 Å². The van der Waals surface area contributed by atoms with Crippen molar-refractivity contribution in [3.63, 3.8) is 0 Å². The van der Waals surface area contributed by atoms with Crippen molar-refractivity contribution < 1.29 is 53.4 Å². The minimum Gasteiger partial charge on any atom is -0.465 e. The van der Waals surface area contributed by atoms with Gasteiger partial charge in [-0.05, 0) is 45.6 Å². The Labute approximate surface area is 213 Å². The van der Waals surface area contributed by atoms with E-state index >= 15 is 0 Å². The van der Waals surface area contributed by atoms with Crippen LogP contribution in [0.4, 0.5) is 0 Å². The Morgan fingerprint density at radius 2 is 1.73 bits per heavy atom. The van der Waals surface area contributed by atoms with Crippen molar-refractivity contribution in [3.05, 3.63) is 11.6 Å². The van der Waals surface area contributed by atoms with Crippen LogP contribution in [0.3, 0.4) is 0 Å². The number of hydrogen-bond acceptors (Lipinski definition) is 11. The zero-order chi connectivity index (χ0) is 26.9. The SMILES string of the molecule is CC(C)(O)[C@@H]1CC(=O)[C@]2(C)[C@H](CC[C@@]3(C)[C@H](C4=CC(O)OC4=O)OC(=O)[C@H]4O[C@]432)[C@]12COC(=O)C[C@@H]2O. The molecule has 0 radical (unpaired) electrons. The monoisotopic (exact) mass is 520 g/mol. The third kappa shape index (κ3) is 2.76. The summed E-state index contributed by atoms with van der Waals surface area (Å²) in [7, 11) is 0. The lowest BCUT2D eigenvalue weighted by atomic mass is 9.36. The minimum atomic E-state index is -1.47. The Morgan fingerprint density at radius 3 is 2.32 bits per heavy atom. The van der Waals surface area contributed by atoms with Gasteiger partial charge >= 0.3 is 17.9 Å². The van der Waals surface area contributed by atoms with E-state index in [1.54, 1.807) is 20.8 Å². The Kier molecular flexibility index (Phi) is 4.85. The standard InChI is InChI=1S/C26H32O11/c1-22(2,33)13-8-14(27)24(4)12(25(13)10-34-16(29)9-15(25)28)5-6-23(3)18(11-7-17(30)35-20(11)31)36-21(32)19-26(23,24)37-19/h7,12-13,15,17-19,28,30,33H,5-6,8-10H2,1-4H3/t12-,13-,15-,17?,18-,19+,23-,24-,25+,26+/m0/s1. The number of ether oxygens (including phenoxy) is 4. The van der Waals surface area contributed by atoms with Gasteiger partial charge < -0.3 is 34.3 Å². The van der Waals surface area contributed by atoms with Crippen LogP contribution in [0.5, 0.6) is 0 Å². The number of cyclic esters (lactones) is 3. The molecule has 202 valence electrons. The van der Waals surface area contributed by atoms with Gasteiger partial charge in [0.1, 0.15) is 24.1 Å². The molecule has 2 spiro atoms. The third-order valence-corrected chi connectivity index (χ3v) is 10.6. The van der Waals surface area contributed by atoms with E-state index in [2.05, 4.69) is 0 Å². The number of aliphatic hydroxyl groups excluding tert-OH is 2. The van der Waals surface area contributed by atoms with Crippen LogP contribution in [0.25, 0.3) is 0 Å². The van der Waals surface area contributed by atoms with Gasteiger partial charge in [-0.25, -0.2) is 9.59 Å². The summed E-state index contributed by atoms with van der Waals surface area (Å²) < 4.78 is 22.3. The number of esters is 3. The quantitative estimate of drug-likeness (QED) is 0.253. The first kappa shape index (κ1) is 25.0. The molecule has 0 aromatic rings. The smallest absolute Gasteiger partial charge is 0.340 e. The highest BCUT2D eigenvalue weighted by Crippen LogP contribution is 2.77. The molecule has 5 fully saturated rings. The molecule has 6 aliphatic rings. The summed E-state index contributed by atoms with van der Waals surface area (Å²) in [4.78, 5) is 52.0. The van der Waals surface area contributed by atoms with Gasteiger partial charge in [0.25, 0.3) is 0 Å². The number of rotatable bonds is 2. The van der Waals surface area contributed by atoms with E-state index in [0.717, 1.165) is 0 Å². The van der Waals surface area contributed by atoms with Gasteiger partial charge in [-0.15, -0.1) is 0 Å². The molecule has 2 saturated carbocycles. The van der Waals surface area contributed by atoms with Crippen LogP contribution in [-0.4, -0.2) is 81.4 Å². The molecule has 11 heteroatoms. The third-order valence-electron chi connectivity index (χ3n) is 10.6. The second kappa shape index (κ2) is 7.19. The topological polar surface area (TPSA) is 169 Å². The molecule has 0 aromatic carbocycles. The van der Waals surface area contributed by atoms with Crippen molar-refractivity contribution >= 4 is 23.7 Å². The first-order valence-electron chi connectivity index (χ1n) is 12.7. The average molecular weight is 521 g/mol. The highest BCUT2D eigenvalue weighted by molar-refractivity contribution is 5.96. The fourth-order valence-corrected chi connectivity index (χ4v) is 8.95. The van der Waals surface area contributed by atoms with Crippen LogP contribution in [0.1, 0.15) is 53.4 Å². The average Bonchev–Trinajstić information content (AvgIpc) is 3.49. The van der Waals surface area contributed by atoms with Gasteiger partial charge in [0.2, 0.25) is 6.29 Å². The van der Waals surface area contributed by atoms with Crippen molar-refractivity contribution in [2.75, 3.05) is 6.61 Å². The van der Waals surface area contributed by atoms with Crippen LogP contribution in [-0.2, 0) is 38.1 Å². The van der Waals surface area contributed by atoms with Crippen molar-refractivity contribution in [1.82, 2.24) is 0 Å². The van der Waals surface area contributed by atoms with Crippen molar-refractivity contribution in [2.45, 2.75) is 89.2 Å². The number of ketones is 1. The summed E-state index contributed by atoms with van der Waals surface area (Å²) >= 11 is 0. The predicted octanol–water partition coefficient (Wildman–Crippen LogP) is -0.0723. The largest absolute Gasteiger partial charge is 0.465 e. The predicted molar refractivity (Wildman–Crippen MR) is 120 cm³/mol. The molecule has 2 aliphatic carbocycles.